The van der Waals surface area contributed by atoms with E-state index in [4.69, 9.17) is 16.9 Å². The minimum Gasteiger partial charge on any atom is -0.367 e. The fourth-order valence-electron chi connectivity index (χ4n) is 2.85. The number of nitriles is 1. The van der Waals surface area contributed by atoms with Crippen molar-refractivity contribution in [2.45, 2.75) is 39.2 Å². The Hall–Kier alpha value is -1.27. The van der Waals surface area contributed by atoms with Crippen molar-refractivity contribution in [1.82, 2.24) is 4.98 Å². The first-order chi connectivity index (χ1) is 8.63. The van der Waals surface area contributed by atoms with Crippen LogP contribution in [-0.2, 0) is 0 Å². The van der Waals surface area contributed by atoms with E-state index in [1.165, 1.54) is 12.8 Å². The van der Waals surface area contributed by atoms with Crippen LogP contribution in [0.5, 0.6) is 0 Å². The van der Waals surface area contributed by atoms with Gasteiger partial charge in [0.2, 0.25) is 0 Å². The molecule has 0 saturated heterocycles. The monoisotopic (exact) mass is 263 g/mol. The van der Waals surface area contributed by atoms with Crippen LogP contribution in [0.1, 0.15) is 38.7 Å². The van der Waals surface area contributed by atoms with E-state index in [0.717, 1.165) is 12.3 Å². The number of anilines is 1. The van der Waals surface area contributed by atoms with E-state index in [0.29, 0.717) is 28.5 Å². The SMILES string of the molecule is CCC1CCC(Nc2cc(C#N)cc(Cl)n2)C1C. The smallest absolute Gasteiger partial charge is 0.132 e. The highest BCUT2D eigenvalue weighted by atomic mass is 35.5. The molecule has 1 aliphatic rings. The summed E-state index contributed by atoms with van der Waals surface area (Å²) >= 11 is 5.90. The molecule has 1 aliphatic carbocycles. The second kappa shape index (κ2) is 5.58. The standard InChI is InChI=1S/C14H18ClN3/c1-3-11-4-5-12(9(11)2)17-14-7-10(8-16)6-13(15)18-14/h6-7,9,11-12H,3-5H2,1-2H3,(H,17,18). The lowest BCUT2D eigenvalue weighted by atomic mass is 9.93. The van der Waals surface area contributed by atoms with E-state index in [9.17, 15) is 0 Å². The first-order valence-corrected chi connectivity index (χ1v) is 6.86. The molecule has 3 unspecified atom stereocenters. The van der Waals surface area contributed by atoms with Gasteiger partial charge in [0, 0.05) is 6.04 Å². The summed E-state index contributed by atoms with van der Waals surface area (Å²) in [6.45, 7) is 4.53. The van der Waals surface area contributed by atoms with Crippen LogP contribution >= 0.6 is 11.6 Å². The summed E-state index contributed by atoms with van der Waals surface area (Å²) in [5.41, 5.74) is 0.551. The van der Waals surface area contributed by atoms with Gasteiger partial charge < -0.3 is 5.32 Å². The van der Waals surface area contributed by atoms with Gasteiger partial charge in [-0.15, -0.1) is 0 Å². The van der Waals surface area contributed by atoms with E-state index in [2.05, 4.69) is 30.2 Å². The minimum absolute atomic E-state index is 0.370. The van der Waals surface area contributed by atoms with Gasteiger partial charge in [-0.3, -0.25) is 0 Å². The molecule has 1 saturated carbocycles. The van der Waals surface area contributed by atoms with Gasteiger partial charge in [0.1, 0.15) is 11.0 Å². The number of hydrogen-bond donors (Lipinski definition) is 1. The predicted octanol–water partition coefficient (Wildman–Crippen LogP) is 3.84. The summed E-state index contributed by atoms with van der Waals surface area (Å²) in [5.74, 6) is 2.14. The molecule has 0 aliphatic heterocycles. The maximum atomic E-state index is 8.92. The molecule has 3 nitrogen and oxygen atoms in total. The molecule has 18 heavy (non-hydrogen) atoms. The Balaban J connectivity index is 2.11. The number of halogens is 1. The number of hydrogen-bond acceptors (Lipinski definition) is 3. The minimum atomic E-state index is 0.370. The number of nitrogens with one attached hydrogen (secondary N) is 1. The van der Waals surface area contributed by atoms with Crippen molar-refractivity contribution in [3.05, 3.63) is 22.8 Å². The second-order valence-electron chi connectivity index (χ2n) is 5.03. The summed E-state index contributed by atoms with van der Waals surface area (Å²) in [6.07, 6.45) is 3.66. The maximum absolute atomic E-state index is 8.92. The molecule has 1 N–H and O–H groups in total. The Kier molecular flexibility index (Phi) is 4.08. The molecule has 0 bridgehead atoms. The molecule has 0 amide bonds. The third-order valence-corrected chi connectivity index (χ3v) is 4.20. The lowest BCUT2D eigenvalue weighted by Gasteiger charge is -2.21. The van der Waals surface area contributed by atoms with Gasteiger partial charge in [0.25, 0.3) is 0 Å². The number of aromatic nitrogens is 1. The average Bonchev–Trinajstić information content (AvgIpc) is 2.70. The molecule has 96 valence electrons. The van der Waals surface area contributed by atoms with Crippen LogP contribution in [0, 0.1) is 23.2 Å². The van der Waals surface area contributed by atoms with Crippen LogP contribution in [0.4, 0.5) is 5.82 Å². The van der Waals surface area contributed by atoms with Crippen molar-refractivity contribution >= 4 is 17.4 Å². The predicted molar refractivity (Wildman–Crippen MR) is 73.6 cm³/mol. The largest absolute Gasteiger partial charge is 0.367 e. The van der Waals surface area contributed by atoms with Crippen molar-refractivity contribution < 1.29 is 0 Å². The number of pyridine rings is 1. The lowest BCUT2D eigenvalue weighted by Crippen LogP contribution is -2.25. The van der Waals surface area contributed by atoms with Gasteiger partial charge in [-0.2, -0.15) is 5.26 Å². The summed E-state index contributed by atoms with van der Waals surface area (Å²) in [4.78, 5) is 4.23. The molecule has 1 fully saturated rings. The molecule has 1 heterocycles. The molecule has 0 radical (unpaired) electrons. The summed E-state index contributed by atoms with van der Waals surface area (Å²) in [5, 5.41) is 12.7. The highest BCUT2D eigenvalue weighted by Gasteiger charge is 2.31. The van der Waals surface area contributed by atoms with E-state index >= 15 is 0 Å². The quantitative estimate of drug-likeness (QED) is 0.843. The Bertz CT molecular complexity index is 467. The topological polar surface area (TPSA) is 48.7 Å². The summed E-state index contributed by atoms with van der Waals surface area (Å²) in [6, 6.07) is 5.88. The van der Waals surface area contributed by atoms with Gasteiger partial charge in [-0.05, 0) is 36.8 Å². The normalized spacial score (nSPS) is 26.9. The highest BCUT2D eigenvalue weighted by Crippen LogP contribution is 2.35. The molecule has 3 atom stereocenters. The number of nitrogens with zero attached hydrogens (tertiary/aromatic N) is 2. The Morgan fingerprint density at radius 2 is 2.28 bits per heavy atom. The molecular formula is C14H18ClN3. The summed E-state index contributed by atoms with van der Waals surface area (Å²) < 4.78 is 0. The fraction of sp³-hybridized carbons (Fsp3) is 0.571. The third-order valence-electron chi connectivity index (χ3n) is 4.01. The van der Waals surface area contributed by atoms with E-state index in [-0.39, 0.29) is 0 Å². The van der Waals surface area contributed by atoms with E-state index in [1.54, 1.807) is 12.1 Å². The molecule has 4 heteroatoms. The van der Waals surface area contributed by atoms with Crippen LogP contribution < -0.4 is 5.32 Å². The van der Waals surface area contributed by atoms with Crippen LogP contribution in [-0.4, -0.2) is 11.0 Å². The van der Waals surface area contributed by atoms with Gasteiger partial charge in [0.05, 0.1) is 11.6 Å². The molecule has 1 aromatic heterocycles. The zero-order valence-electron chi connectivity index (χ0n) is 10.8. The van der Waals surface area contributed by atoms with Crippen molar-refractivity contribution in [2.75, 3.05) is 5.32 Å². The van der Waals surface area contributed by atoms with Crippen LogP contribution in [0.25, 0.3) is 0 Å². The zero-order chi connectivity index (χ0) is 13.1. The maximum Gasteiger partial charge on any atom is 0.132 e. The molecule has 1 aromatic rings. The van der Waals surface area contributed by atoms with Crippen molar-refractivity contribution in [3.8, 4) is 6.07 Å². The molecule has 2 rings (SSSR count). The van der Waals surface area contributed by atoms with Gasteiger partial charge >= 0.3 is 0 Å². The Morgan fingerprint density at radius 3 is 2.89 bits per heavy atom. The van der Waals surface area contributed by atoms with Crippen LogP contribution in [0.2, 0.25) is 5.15 Å². The first-order valence-electron chi connectivity index (χ1n) is 6.48. The van der Waals surface area contributed by atoms with E-state index in [1.807, 2.05) is 0 Å². The van der Waals surface area contributed by atoms with Gasteiger partial charge in [-0.1, -0.05) is 31.9 Å². The summed E-state index contributed by atoms with van der Waals surface area (Å²) in [7, 11) is 0. The fourth-order valence-corrected chi connectivity index (χ4v) is 3.06. The number of rotatable bonds is 3. The third kappa shape index (κ3) is 2.76. The molecule has 0 spiro atoms. The van der Waals surface area contributed by atoms with Crippen molar-refractivity contribution in [1.29, 1.82) is 5.26 Å². The zero-order valence-corrected chi connectivity index (χ0v) is 11.5. The van der Waals surface area contributed by atoms with Crippen molar-refractivity contribution in [3.63, 3.8) is 0 Å². The van der Waals surface area contributed by atoms with Crippen LogP contribution in [0.15, 0.2) is 12.1 Å². The van der Waals surface area contributed by atoms with E-state index < -0.39 is 0 Å². The Morgan fingerprint density at radius 1 is 1.50 bits per heavy atom. The van der Waals surface area contributed by atoms with Crippen molar-refractivity contribution in [2.24, 2.45) is 11.8 Å². The Labute approximate surface area is 113 Å². The second-order valence-corrected chi connectivity index (χ2v) is 5.42. The molecule has 0 aromatic carbocycles. The first kappa shape index (κ1) is 13.2. The van der Waals surface area contributed by atoms with Gasteiger partial charge in [-0.25, -0.2) is 4.98 Å². The molecular weight excluding hydrogens is 246 g/mol. The van der Waals surface area contributed by atoms with Gasteiger partial charge in [0.15, 0.2) is 0 Å². The lowest BCUT2D eigenvalue weighted by molar-refractivity contribution is 0.391. The van der Waals surface area contributed by atoms with Crippen LogP contribution in [0.3, 0.4) is 0 Å². The highest BCUT2D eigenvalue weighted by molar-refractivity contribution is 6.29. The average molecular weight is 264 g/mol.